The topological polar surface area (TPSA) is 26.5 Å². The van der Waals surface area contributed by atoms with E-state index < -0.39 is 0 Å². The quantitative estimate of drug-likeness (QED) is 0.350. The van der Waals surface area contributed by atoms with Crippen molar-refractivity contribution in [1.29, 1.82) is 0 Å². The lowest BCUT2D eigenvalue weighted by Crippen LogP contribution is -2.17. The van der Waals surface area contributed by atoms with Crippen molar-refractivity contribution in [2.75, 3.05) is 7.11 Å². The Balaban J connectivity index is 1.75. The van der Waals surface area contributed by atoms with Gasteiger partial charge in [-0.05, 0) is 48.2 Å². The minimum absolute atomic E-state index is 0.863. The second kappa shape index (κ2) is 9.59. The van der Waals surface area contributed by atoms with Crippen LogP contribution in [0, 0.1) is 0 Å². The first-order chi connectivity index (χ1) is 14.8. The molecule has 3 nitrogen and oxygen atoms in total. The summed E-state index contributed by atoms with van der Waals surface area (Å²) in [4.78, 5) is 5.98. The number of hydrogen-bond donors (Lipinski definition) is 0. The van der Waals surface area contributed by atoms with Gasteiger partial charge in [0.2, 0.25) is 0 Å². The summed E-state index contributed by atoms with van der Waals surface area (Å²) in [7, 11) is 1.71. The monoisotopic (exact) mass is 414 g/mol. The molecule has 0 atom stereocenters. The zero-order chi connectivity index (χ0) is 20.8. The number of methoxy groups -OCH3 is 1. The van der Waals surface area contributed by atoms with E-state index in [9.17, 15) is 0 Å². The Bertz CT molecular complexity index is 1160. The third-order valence-electron chi connectivity index (χ3n) is 5.20. The average molecular weight is 415 g/mol. The van der Waals surface area contributed by atoms with Crippen molar-refractivity contribution in [3.8, 4) is 17.0 Å². The van der Waals surface area contributed by atoms with Gasteiger partial charge in [0.15, 0.2) is 4.80 Å². The van der Waals surface area contributed by atoms with Gasteiger partial charge in [-0.25, -0.2) is 4.99 Å². The standard InChI is InChI=1S/C26H26N2OS/c1-3-20-12-14-23(15-13-20)27-26-28(17-16-21-8-5-4-6-9-21)25(19-30-26)22-10-7-11-24(18-22)29-2/h4-15,18-19H,3,16-17H2,1-2H3. The van der Waals surface area contributed by atoms with Crippen molar-refractivity contribution in [3.05, 3.63) is 100 Å². The van der Waals surface area contributed by atoms with Crippen molar-refractivity contribution >= 4 is 17.0 Å². The fourth-order valence-corrected chi connectivity index (χ4v) is 4.41. The van der Waals surface area contributed by atoms with Crippen LogP contribution in [0.5, 0.6) is 5.75 Å². The molecule has 0 radical (unpaired) electrons. The lowest BCUT2D eigenvalue weighted by atomic mass is 10.1. The van der Waals surface area contributed by atoms with Crippen LogP contribution in [0.1, 0.15) is 18.1 Å². The summed E-state index contributed by atoms with van der Waals surface area (Å²) < 4.78 is 7.76. The molecule has 0 N–H and O–H groups in total. The van der Waals surface area contributed by atoms with Crippen LogP contribution in [0.25, 0.3) is 11.3 Å². The molecule has 3 aromatic carbocycles. The zero-order valence-electron chi connectivity index (χ0n) is 17.4. The molecular formula is C26H26N2OS. The maximum absolute atomic E-state index is 5.44. The molecule has 4 aromatic rings. The normalized spacial score (nSPS) is 11.6. The van der Waals surface area contributed by atoms with E-state index in [0.717, 1.165) is 41.2 Å². The molecular weight excluding hydrogens is 388 g/mol. The van der Waals surface area contributed by atoms with Crippen LogP contribution in [-0.2, 0) is 19.4 Å². The van der Waals surface area contributed by atoms with Gasteiger partial charge < -0.3 is 9.30 Å². The second-order valence-corrected chi connectivity index (χ2v) is 7.99. The fourth-order valence-electron chi connectivity index (χ4n) is 3.45. The van der Waals surface area contributed by atoms with E-state index in [1.807, 2.05) is 12.1 Å². The van der Waals surface area contributed by atoms with E-state index in [2.05, 4.69) is 83.6 Å². The molecule has 0 aliphatic rings. The van der Waals surface area contributed by atoms with Gasteiger partial charge in [0, 0.05) is 17.5 Å². The van der Waals surface area contributed by atoms with E-state index in [1.165, 1.54) is 16.8 Å². The van der Waals surface area contributed by atoms with E-state index in [-0.39, 0.29) is 0 Å². The Labute approximate surface area is 182 Å². The summed E-state index contributed by atoms with van der Waals surface area (Å²) >= 11 is 1.68. The highest BCUT2D eigenvalue weighted by Crippen LogP contribution is 2.25. The average Bonchev–Trinajstić information content (AvgIpc) is 3.21. The number of nitrogens with zero attached hydrogens (tertiary/aromatic N) is 2. The Kier molecular flexibility index (Phi) is 6.45. The first-order valence-corrected chi connectivity index (χ1v) is 11.1. The van der Waals surface area contributed by atoms with Crippen molar-refractivity contribution in [1.82, 2.24) is 4.57 Å². The summed E-state index contributed by atoms with van der Waals surface area (Å²) in [5.41, 5.74) is 5.94. The van der Waals surface area contributed by atoms with Gasteiger partial charge in [0.25, 0.3) is 0 Å². The lowest BCUT2D eigenvalue weighted by molar-refractivity contribution is 0.415. The largest absolute Gasteiger partial charge is 0.497 e. The minimum atomic E-state index is 0.863. The molecule has 1 heterocycles. The van der Waals surface area contributed by atoms with Gasteiger partial charge in [-0.15, -0.1) is 11.3 Å². The van der Waals surface area contributed by atoms with Gasteiger partial charge in [-0.2, -0.15) is 0 Å². The number of aryl methyl sites for hydroxylation is 2. The SMILES string of the molecule is CCc1ccc(N=c2scc(-c3cccc(OC)c3)n2CCc2ccccc2)cc1. The maximum Gasteiger partial charge on any atom is 0.190 e. The van der Waals surface area contributed by atoms with Gasteiger partial charge >= 0.3 is 0 Å². The van der Waals surface area contributed by atoms with Crippen molar-refractivity contribution in [2.24, 2.45) is 4.99 Å². The number of rotatable bonds is 7. The summed E-state index contributed by atoms with van der Waals surface area (Å²) in [6, 6.07) is 27.3. The Morgan fingerprint density at radius 1 is 0.900 bits per heavy atom. The molecule has 0 amide bonds. The fraction of sp³-hybridized carbons (Fsp3) is 0.192. The van der Waals surface area contributed by atoms with Crippen molar-refractivity contribution < 1.29 is 4.74 Å². The number of hydrogen-bond acceptors (Lipinski definition) is 3. The third kappa shape index (κ3) is 4.71. The molecule has 0 aliphatic carbocycles. The number of benzene rings is 3. The highest BCUT2D eigenvalue weighted by molar-refractivity contribution is 7.07. The van der Waals surface area contributed by atoms with E-state index in [0.29, 0.717) is 0 Å². The van der Waals surface area contributed by atoms with Crippen LogP contribution in [0.4, 0.5) is 5.69 Å². The summed E-state index contributed by atoms with van der Waals surface area (Å²) in [5, 5.41) is 2.19. The van der Waals surface area contributed by atoms with Crippen molar-refractivity contribution in [2.45, 2.75) is 26.3 Å². The van der Waals surface area contributed by atoms with Crippen LogP contribution in [0.15, 0.2) is 89.2 Å². The molecule has 0 saturated carbocycles. The molecule has 4 rings (SSSR count). The van der Waals surface area contributed by atoms with Crippen molar-refractivity contribution in [3.63, 3.8) is 0 Å². The van der Waals surface area contributed by atoms with Crippen LogP contribution in [0.3, 0.4) is 0 Å². The minimum Gasteiger partial charge on any atom is -0.497 e. The smallest absolute Gasteiger partial charge is 0.190 e. The van der Waals surface area contributed by atoms with Crippen LogP contribution < -0.4 is 9.54 Å². The van der Waals surface area contributed by atoms with Gasteiger partial charge in [-0.1, -0.05) is 61.5 Å². The predicted octanol–water partition coefficient (Wildman–Crippen LogP) is 6.26. The number of aromatic nitrogens is 1. The summed E-state index contributed by atoms with van der Waals surface area (Å²) in [5.74, 6) is 0.863. The molecule has 30 heavy (non-hydrogen) atoms. The first-order valence-electron chi connectivity index (χ1n) is 10.3. The number of ether oxygens (including phenoxy) is 1. The molecule has 152 valence electrons. The molecule has 0 unspecified atom stereocenters. The Morgan fingerprint density at radius 2 is 1.70 bits per heavy atom. The molecule has 0 bridgehead atoms. The van der Waals surface area contributed by atoms with Crippen LogP contribution in [-0.4, -0.2) is 11.7 Å². The maximum atomic E-state index is 5.44. The van der Waals surface area contributed by atoms with Gasteiger partial charge in [-0.3, -0.25) is 0 Å². The van der Waals surface area contributed by atoms with Gasteiger partial charge in [0.05, 0.1) is 18.5 Å². The molecule has 0 fully saturated rings. The van der Waals surface area contributed by atoms with Crippen LogP contribution in [0.2, 0.25) is 0 Å². The van der Waals surface area contributed by atoms with E-state index >= 15 is 0 Å². The highest BCUT2D eigenvalue weighted by Gasteiger charge is 2.10. The highest BCUT2D eigenvalue weighted by atomic mass is 32.1. The van der Waals surface area contributed by atoms with Crippen LogP contribution >= 0.6 is 11.3 Å². The first kappa shape index (κ1) is 20.2. The Morgan fingerprint density at radius 3 is 2.43 bits per heavy atom. The van der Waals surface area contributed by atoms with E-state index in [1.54, 1.807) is 18.4 Å². The molecule has 0 saturated heterocycles. The summed E-state index contributed by atoms with van der Waals surface area (Å²) in [6.45, 7) is 3.04. The molecule has 0 spiro atoms. The second-order valence-electron chi connectivity index (χ2n) is 7.15. The Hall–Kier alpha value is -3.11. The van der Waals surface area contributed by atoms with Gasteiger partial charge in [0.1, 0.15) is 5.75 Å². The lowest BCUT2D eigenvalue weighted by Gasteiger charge is -2.10. The molecule has 4 heteroatoms. The molecule has 1 aromatic heterocycles. The third-order valence-corrected chi connectivity index (χ3v) is 6.06. The summed E-state index contributed by atoms with van der Waals surface area (Å²) in [6.07, 6.45) is 1.99. The number of thiazole rings is 1. The van der Waals surface area contributed by atoms with E-state index in [4.69, 9.17) is 9.73 Å². The molecule has 0 aliphatic heterocycles. The predicted molar refractivity (Wildman–Crippen MR) is 125 cm³/mol. The zero-order valence-corrected chi connectivity index (χ0v) is 18.2.